The number of hydrogen-bond acceptors (Lipinski definition) is 5. The molecule has 4 rings (SSSR count). The summed E-state index contributed by atoms with van der Waals surface area (Å²) in [6, 6.07) is 18.2. The van der Waals surface area contributed by atoms with E-state index in [1.165, 1.54) is 24.0 Å². The Morgan fingerprint density at radius 2 is 1.64 bits per heavy atom. The lowest BCUT2D eigenvalue weighted by molar-refractivity contribution is -0.118. The molecule has 5 nitrogen and oxygen atoms in total. The standard InChI is InChI=1S/C27H29NO4S/c1-27(2,18-9-5-4-6-10-18)19-13-15-20(16-14-19)32-17-23(29)28-25-24(26(30)31-3)21-11-7-8-12-22(21)33-25/h4-6,9-10,13-16H,7-8,11-12,17H2,1-3H3,(H,28,29). The summed E-state index contributed by atoms with van der Waals surface area (Å²) in [5, 5.41) is 3.42. The summed E-state index contributed by atoms with van der Waals surface area (Å²) in [5.41, 5.74) is 3.78. The minimum absolute atomic E-state index is 0.134. The van der Waals surface area contributed by atoms with Gasteiger partial charge in [-0.1, -0.05) is 56.3 Å². The zero-order valence-corrected chi connectivity index (χ0v) is 20.1. The molecule has 0 bridgehead atoms. The van der Waals surface area contributed by atoms with Crippen LogP contribution in [0.15, 0.2) is 54.6 Å². The maximum Gasteiger partial charge on any atom is 0.341 e. The van der Waals surface area contributed by atoms with Crippen LogP contribution in [0.5, 0.6) is 5.75 Å². The Morgan fingerprint density at radius 1 is 0.970 bits per heavy atom. The Kier molecular flexibility index (Phi) is 6.84. The number of benzene rings is 2. The molecule has 0 atom stereocenters. The van der Waals surface area contributed by atoms with Crippen LogP contribution in [0.2, 0.25) is 0 Å². The number of esters is 1. The maximum absolute atomic E-state index is 12.6. The van der Waals surface area contributed by atoms with Crippen molar-refractivity contribution in [3.05, 3.63) is 81.7 Å². The molecule has 0 saturated carbocycles. The highest BCUT2D eigenvalue weighted by Gasteiger charge is 2.27. The van der Waals surface area contributed by atoms with Crippen LogP contribution in [-0.4, -0.2) is 25.6 Å². The molecular weight excluding hydrogens is 434 g/mol. The molecule has 0 aliphatic heterocycles. The third-order valence-corrected chi connectivity index (χ3v) is 7.46. The maximum atomic E-state index is 12.6. The normalized spacial score (nSPS) is 13.2. The number of fused-ring (bicyclic) bond motifs is 1. The Morgan fingerprint density at radius 3 is 2.33 bits per heavy atom. The molecule has 33 heavy (non-hydrogen) atoms. The molecule has 1 N–H and O–H groups in total. The van der Waals surface area contributed by atoms with E-state index in [1.807, 2.05) is 42.5 Å². The molecule has 2 aromatic carbocycles. The lowest BCUT2D eigenvalue weighted by atomic mass is 9.78. The van der Waals surface area contributed by atoms with Crippen LogP contribution in [0.3, 0.4) is 0 Å². The number of methoxy groups -OCH3 is 1. The van der Waals surface area contributed by atoms with Crippen molar-refractivity contribution < 1.29 is 19.1 Å². The van der Waals surface area contributed by atoms with Gasteiger partial charge in [-0.15, -0.1) is 11.3 Å². The van der Waals surface area contributed by atoms with Gasteiger partial charge in [-0.3, -0.25) is 4.79 Å². The summed E-state index contributed by atoms with van der Waals surface area (Å²) in [4.78, 5) is 26.1. The first-order valence-electron chi connectivity index (χ1n) is 11.2. The number of ether oxygens (including phenoxy) is 2. The van der Waals surface area contributed by atoms with E-state index in [9.17, 15) is 9.59 Å². The number of amides is 1. The molecule has 0 saturated heterocycles. The molecule has 0 unspecified atom stereocenters. The minimum atomic E-state index is -0.401. The molecule has 0 spiro atoms. The van der Waals surface area contributed by atoms with Crippen LogP contribution in [-0.2, 0) is 27.8 Å². The highest BCUT2D eigenvalue weighted by Crippen LogP contribution is 2.38. The largest absolute Gasteiger partial charge is 0.484 e. The van der Waals surface area contributed by atoms with Crippen molar-refractivity contribution in [3.63, 3.8) is 0 Å². The van der Waals surface area contributed by atoms with E-state index in [1.54, 1.807) is 0 Å². The topological polar surface area (TPSA) is 64.6 Å². The average Bonchev–Trinajstić information content (AvgIpc) is 3.20. The van der Waals surface area contributed by atoms with Crippen molar-refractivity contribution in [2.75, 3.05) is 19.0 Å². The quantitative estimate of drug-likeness (QED) is 0.453. The number of hydrogen-bond donors (Lipinski definition) is 1. The molecule has 172 valence electrons. The van der Waals surface area contributed by atoms with Crippen molar-refractivity contribution in [2.24, 2.45) is 0 Å². The van der Waals surface area contributed by atoms with E-state index >= 15 is 0 Å². The van der Waals surface area contributed by atoms with Gasteiger partial charge in [0.1, 0.15) is 10.8 Å². The monoisotopic (exact) mass is 463 g/mol. The van der Waals surface area contributed by atoms with Gasteiger partial charge in [0.15, 0.2) is 6.61 Å². The number of nitrogens with one attached hydrogen (secondary N) is 1. The molecule has 0 fully saturated rings. The van der Waals surface area contributed by atoms with Crippen molar-refractivity contribution in [1.82, 2.24) is 0 Å². The highest BCUT2D eigenvalue weighted by atomic mass is 32.1. The zero-order valence-electron chi connectivity index (χ0n) is 19.3. The van der Waals surface area contributed by atoms with Crippen LogP contribution in [0.1, 0.15) is 58.6 Å². The van der Waals surface area contributed by atoms with Gasteiger partial charge < -0.3 is 14.8 Å². The van der Waals surface area contributed by atoms with Crippen molar-refractivity contribution in [2.45, 2.75) is 44.9 Å². The Hall–Kier alpha value is -3.12. The molecule has 1 heterocycles. The lowest BCUT2D eigenvalue weighted by Gasteiger charge is -2.26. The third kappa shape index (κ3) is 4.96. The van der Waals surface area contributed by atoms with Crippen LogP contribution in [0.4, 0.5) is 5.00 Å². The van der Waals surface area contributed by atoms with E-state index in [0.717, 1.165) is 41.7 Å². The summed E-state index contributed by atoms with van der Waals surface area (Å²) in [6.07, 6.45) is 3.92. The number of rotatable bonds is 7. The average molecular weight is 464 g/mol. The summed E-state index contributed by atoms with van der Waals surface area (Å²) in [6.45, 7) is 4.24. The molecule has 1 aromatic heterocycles. The van der Waals surface area contributed by atoms with E-state index in [2.05, 4.69) is 31.3 Å². The Labute approximate surface area is 198 Å². The fourth-order valence-corrected chi connectivity index (χ4v) is 5.57. The van der Waals surface area contributed by atoms with Gasteiger partial charge in [-0.2, -0.15) is 0 Å². The number of aryl methyl sites for hydroxylation is 1. The second-order valence-electron chi connectivity index (χ2n) is 8.76. The number of thiophene rings is 1. The number of carbonyl (C=O) groups is 2. The molecular formula is C27H29NO4S. The lowest BCUT2D eigenvalue weighted by Crippen LogP contribution is -2.21. The number of carbonyl (C=O) groups excluding carboxylic acids is 2. The van der Waals surface area contributed by atoms with Gasteiger partial charge in [0, 0.05) is 10.3 Å². The Balaban J connectivity index is 1.41. The molecule has 1 amide bonds. The van der Waals surface area contributed by atoms with E-state index in [4.69, 9.17) is 9.47 Å². The molecule has 6 heteroatoms. The van der Waals surface area contributed by atoms with Crippen molar-refractivity contribution >= 4 is 28.2 Å². The predicted molar refractivity (Wildman–Crippen MR) is 131 cm³/mol. The SMILES string of the molecule is COC(=O)c1c(NC(=O)COc2ccc(C(C)(C)c3ccccc3)cc2)sc2c1CCCC2. The van der Waals surface area contributed by atoms with Gasteiger partial charge in [0.2, 0.25) is 0 Å². The number of anilines is 1. The van der Waals surface area contributed by atoms with E-state index in [-0.39, 0.29) is 17.9 Å². The summed E-state index contributed by atoms with van der Waals surface area (Å²) in [5.74, 6) is -0.0777. The van der Waals surface area contributed by atoms with Crippen LogP contribution < -0.4 is 10.1 Å². The van der Waals surface area contributed by atoms with Gasteiger partial charge in [0.05, 0.1) is 12.7 Å². The third-order valence-electron chi connectivity index (χ3n) is 6.26. The van der Waals surface area contributed by atoms with Crippen molar-refractivity contribution in [3.8, 4) is 5.75 Å². The fraction of sp³-hybridized carbons (Fsp3) is 0.333. The molecule has 1 aliphatic rings. The second kappa shape index (κ2) is 9.79. The van der Waals surface area contributed by atoms with Gasteiger partial charge in [-0.05, 0) is 54.5 Å². The summed E-state index contributed by atoms with van der Waals surface area (Å²) < 4.78 is 10.7. The van der Waals surface area contributed by atoms with E-state index in [0.29, 0.717) is 16.3 Å². The van der Waals surface area contributed by atoms with Gasteiger partial charge >= 0.3 is 5.97 Å². The first kappa shape index (κ1) is 23.1. The molecule has 1 aliphatic carbocycles. The Bertz CT molecular complexity index is 1130. The first-order chi connectivity index (χ1) is 15.9. The fourth-order valence-electron chi connectivity index (χ4n) is 4.27. The van der Waals surface area contributed by atoms with Gasteiger partial charge in [-0.25, -0.2) is 4.79 Å². The first-order valence-corrected chi connectivity index (χ1v) is 12.0. The highest BCUT2D eigenvalue weighted by molar-refractivity contribution is 7.17. The zero-order chi connectivity index (χ0) is 23.4. The van der Waals surface area contributed by atoms with Crippen molar-refractivity contribution in [1.29, 1.82) is 0 Å². The van der Waals surface area contributed by atoms with Gasteiger partial charge in [0.25, 0.3) is 5.91 Å². The molecule has 0 radical (unpaired) electrons. The molecule has 3 aromatic rings. The van der Waals surface area contributed by atoms with E-state index < -0.39 is 5.97 Å². The smallest absolute Gasteiger partial charge is 0.341 e. The van der Waals surface area contributed by atoms with Crippen LogP contribution in [0, 0.1) is 0 Å². The summed E-state index contributed by atoms with van der Waals surface area (Å²) >= 11 is 1.47. The minimum Gasteiger partial charge on any atom is -0.484 e. The predicted octanol–water partition coefficient (Wildman–Crippen LogP) is 5.76. The summed E-state index contributed by atoms with van der Waals surface area (Å²) in [7, 11) is 1.37. The second-order valence-corrected chi connectivity index (χ2v) is 9.86. The van der Waals surface area contributed by atoms with Crippen LogP contribution in [0.25, 0.3) is 0 Å². The van der Waals surface area contributed by atoms with Crippen LogP contribution >= 0.6 is 11.3 Å².